The van der Waals surface area contributed by atoms with E-state index < -0.39 is 0 Å². The molecule has 2 N–H and O–H groups in total. The van der Waals surface area contributed by atoms with Gasteiger partial charge in [-0.3, -0.25) is 4.79 Å². The minimum absolute atomic E-state index is 0.120. The SMILES string of the molecule is Cc1ccc(C(C)NC(=O)c2ccc(C)c(O)c2)o1. The largest absolute Gasteiger partial charge is 0.508 e. The second kappa shape index (κ2) is 5.18. The van der Waals surface area contributed by atoms with Crippen LogP contribution in [0.25, 0.3) is 0 Å². The van der Waals surface area contributed by atoms with E-state index >= 15 is 0 Å². The molecular formula is C15H17NO3. The predicted octanol–water partition coefficient (Wildman–Crippen LogP) is 3.09. The van der Waals surface area contributed by atoms with Crippen LogP contribution in [-0.2, 0) is 0 Å². The first kappa shape index (κ1) is 13.2. The maximum absolute atomic E-state index is 12.0. The lowest BCUT2D eigenvalue weighted by Gasteiger charge is -2.12. The molecule has 1 atom stereocenters. The minimum Gasteiger partial charge on any atom is -0.508 e. The topological polar surface area (TPSA) is 62.5 Å². The van der Waals surface area contributed by atoms with Crippen LogP contribution in [0.5, 0.6) is 5.75 Å². The summed E-state index contributed by atoms with van der Waals surface area (Å²) in [7, 11) is 0. The van der Waals surface area contributed by atoms with E-state index in [1.54, 1.807) is 19.1 Å². The molecule has 0 aliphatic rings. The number of carbonyl (C=O) groups excluding carboxylic acids is 1. The van der Waals surface area contributed by atoms with E-state index in [4.69, 9.17) is 4.42 Å². The summed E-state index contributed by atoms with van der Waals surface area (Å²) in [6, 6.07) is 8.34. The van der Waals surface area contributed by atoms with Crippen molar-refractivity contribution < 1.29 is 14.3 Å². The van der Waals surface area contributed by atoms with Gasteiger partial charge in [0.15, 0.2) is 0 Å². The van der Waals surface area contributed by atoms with Crippen molar-refractivity contribution in [1.82, 2.24) is 5.32 Å². The highest BCUT2D eigenvalue weighted by Gasteiger charge is 2.14. The highest BCUT2D eigenvalue weighted by Crippen LogP contribution is 2.19. The molecule has 4 heteroatoms. The van der Waals surface area contributed by atoms with Gasteiger partial charge in [-0.25, -0.2) is 0 Å². The van der Waals surface area contributed by atoms with Gasteiger partial charge in [-0.2, -0.15) is 0 Å². The summed E-state index contributed by atoms with van der Waals surface area (Å²) in [5.74, 6) is 1.40. The molecule has 0 fully saturated rings. The van der Waals surface area contributed by atoms with Crippen LogP contribution < -0.4 is 5.32 Å². The average molecular weight is 259 g/mol. The van der Waals surface area contributed by atoms with Gasteiger partial charge in [0.2, 0.25) is 0 Å². The molecule has 0 radical (unpaired) electrons. The molecule has 1 unspecified atom stereocenters. The van der Waals surface area contributed by atoms with E-state index in [-0.39, 0.29) is 17.7 Å². The number of aryl methyl sites for hydroxylation is 2. The quantitative estimate of drug-likeness (QED) is 0.890. The molecule has 1 heterocycles. The Balaban J connectivity index is 2.10. The molecular weight excluding hydrogens is 242 g/mol. The fourth-order valence-electron chi connectivity index (χ4n) is 1.79. The molecule has 4 nitrogen and oxygen atoms in total. The molecule has 0 saturated carbocycles. The van der Waals surface area contributed by atoms with Gasteiger partial charge in [0.05, 0.1) is 6.04 Å². The highest BCUT2D eigenvalue weighted by atomic mass is 16.3. The smallest absolute Gasteiger partial charge is 0.251 e. The van der Waals surface area contributed by atoms with Gasteiger partial charge in [0, 0.05) is 5.56 Å². The number of rotatable bonds is 3. The van der Waals surface area contributed by atoms with Gasteiger partial charge in [0.25, 0.3) is 5.91 Å². The Labute approximate surface area is 112 Å². The second-order valence-electron chi connectivity index (χ2n) is 4.64. The molecule has 1 aromatic heterocycles. The third-order valence-corrected chi connectivity index (χ3v) is 3.01. The third-order valence-electron chi connectivity index (χ3n) is 3.01. The normalized spacial score (nSPS) is 12.2. The molecule has 0 aliphatic heterocycles. The Morgan fingerprint density at radius 1 is 1.26 bits per heavy atom. The third kappa shape index (κ3) is 2.96. The first-order valence-electron chi connectivity index (χ1n) is 6.14. The van der Waals surface area contributed by atoms with Crippen LogP contribution in [0.3, 0.4) is 0 Å². The lowest BCUT2D eigenvalue weighted by atomic mass is 10.1. The number of furan rings is 1. The number of nitrogens with one attached hydrogen (secondary N) is 1. The fraction of sp³-hybridized carbons (Fsp3) is 0.267. The molecule has 2 aromatic rings. The van der Waals surface area contributed by atoms with E-state index in [1.165, 1.54) is 6.07 Å². The fourth-order valence-corrected chi connectivity index (χ4v) is 1.79. The van der Waals surface area contributed by atoms with Crippen molar-refractivity contribution in [3.05, 3.63) is 53.0 Å². The first-order chi connectivity index (χ1) is 8.97. The molecule has 0 spiro atoms. The van der Waals surface area contributed by atoms with Gasteiger partial charge in [-0.15, -0.1) is 0 Å². The van der Waals surface area contributed by atoms with Crippen LogP contribution in [0.4, 0.5) is 0 Å². The number of phenols is 1. The standard InChI is InChI=1S/C15H17NO3/c1-9-4-6-12(8-13(9)17)15(18)16-11(3)14-7-5-10(2)19-14/h4-8,11,17H,1-3H3,(H,16,18). The van der Waals surface area contributed by atoms with Gasteiger partial charge in [0.1, 0.15) is 17.3 Å². The maximum atomic E-state index is 12.0. The van der Waals surface area contributed by atoms with Gasteiger partial charge < -0.3 is 14.8 Å². The molecule has 0 aliphatic carbocycles. The zero-order valence-electron chi connectivity index (χ0n) is 11.2. The summed E-state index contributed by atoms with van der Waals surface area (Å²) in [5.41, 5.74) is 1.17. The number of benzene rings is 1. The average Bonchev–Trinajstić information content (AvgIpc) is 2.79. The number of phenolic OH excluding ortho intramolecular Hbond substituents is 1. The van der Waals surface area contributed by atoms with Crippen LogP contribution in [0.2, 0.25) is 0 Å². The summed E-state index contributed by atoms with van der Waals surface area (Å²) in [4.78, 5) is 12.0. The Hall–Kier alpha value is -2.23. The van der Waals surface area contributed by atoms with Gasteiger partial charge in [-0.1, -0.05) is 6.07 Å². The number of hydrogen-bond acceptors (Lipinski definition) is 3. The molecule has 100 valence electrons. The number of hydrogen-bond donors (Lipinski definition) is 2. The van der Waals surface area contributed by atoms with Crippen LogP contribution >= 0.6 is 0 Å². The Morgan fingerprint density at radius 2 is 2.00 bits per heavy atom. The first-order valence-corrected chi connectivity index (χ1v) is 6.14. The molecule has 1 aromatic carbocycles. The summed E-state index contributed by atoms with van der Waals surface area (Å²) in [6.07, 6.45) is 0. The van der Waals surface area contributed by atoms with E-state index in [0.717, 1.165) is 11.3 Å². The van der Waals surface area contributed by atoms with E-state index in [0.29, 0.717) is 11.3 Å². The van der Waals surface area contributed by atoms with E-state index in [9.17, 15) is 9.90 Å². The number of amides is 1. The molecule has 0 bridgehead atoms. The van der Waals surface area contributed by atoms with Crippen LogP contribution in [0.1, 0.15) is 40.4 Å². The number of carbonyl (C=O) groups is 1. The Morgan fingerprint density at radius 3 is 2.58 bits per heavy atom. The van der Waals surface area contributed by atoms with Gasteiger partial charge in [-0.05, 0) is 50.6 Å². The predicted molar refractivity (Wildman–Crippen MR) is 72.2 cm³/mol. The van der Waals surface area contributed by atoms with Crippen molar-refractivity contribution in [3.8, 4) is 5.75 Å². The summed E-state index contributed by atoms with van der Waals surface area (Å²) >= 11 is 0. The summed E-state index contributed by atoms with van der Waals surface area (Å²) < 4.78 is 5.46. The van der Waals surface area contributed by atoms with Crippen molar-refractivity contribution in [2.75, 3.05) is 0 Å². The van der Waals surface area contributed by atoms with Gasteiger partial charge >= 0.3 is 0 Å². The molecule has 2 rings (SSSR count). The Kier molecular flexibility index (Phi) is 3.60. The maximum Gasteiger partial charge on any atom is 0.251 e. The molecule has 1 amide bonds. The molecule has 0 saturated heterocycles. The van der Waals surface area contributed by atoms with Crippen molar-refractivity contribution in [3.63, 3.8) is 0 Å². The zero-order chi connectivity index (χ0) is 14.0. The highest BCUT2D eigenvalue weighted by molar-refractivity contribution is 5.94. The summed E-state index contributed by atoms with van der Waals surface area (Å²) in [5, 5.41) is 12.4. The Bertz CT molecular complexity index is 601. The number of aromatic hydroxyl groups is 1. The molecule has 19 heavy (non-hydrogen) atoms. The van der Waals surface area contributed by atoms with Crippen molar-refractivity contribution in [2.45, 2.75) is 26.8 Å². The second-order valence-corrected chi connectivity index (χ2v) is 4.64. The van der Waals surface area contributed by atoms with Crippen molar-refractivity contribution >= 4 is 5.91 Å². The van der Waals surface area contributed by atoms with E-state index in [1.807, 2.05) is 26.0 Å². The summed E-state index contributed by atoms with van der Waals surface area (Å²) in [6.45, 7) is 5.49. The van der Waals surface area contributed by atoms with Crippen molar-refractivity contribution in [1.29, 1.82) is 0 Å². The monoisotopic (exact) mass is 259 g/mol. The minimum atomic E-state index is -0.239. The lowest BCUT2D eigenvalue weighted by Crippen LogP contribution is -2.26. The van der Waals surface area contributed by atoms with Crippen LogP contribution in [0, 0.1) is 13.8 Å². The zero-order valence-corrected chi connectivity index (χ0v) is 11.2. The van der Waals surface area contributed by atoms with Crippen molar-refractivity contribution in [2.24, 2.45) is 0 Å². The van der Waals surface area contributed by atoms with E-state index in [2.05, 4.69) is 5.32 Å². The van der Waals surface area contributed by atoms with Crippen LogP contribution in [-0.4, -0.2) is 11.0 Å². The lowest BCUT2D eigenvalue weighted by molar-refractivity contribution is 0.0934. The van der Waals surface area contributed by atoms with Crippen LogP contribution in [0.15, 0.2) is 34.7 Å².